The van der Waals surface area contributed by atoms with Gasteiger partial charge in [-0.15, -0.1) is 0 Å². The van der Waals surface area contributed by atoms with Gasteiger partial charge in [0.2, 0.25) is 5.91 Å². The molecule has 2 fully saturated rings. The highest BCUT2D eigenvalue weighted by Gasteiger charge is 2.28. The fraction of sp³-hybridized carbons (Fsp3) is 0.290. The number of anilines is 1. The number of pyridine rings is 1. The molecule has 2 aromatic heterocycles. The minimum absolute atomic E-state index is 0.0276. The van der Waals surface area contributed by atoms with Crippen LogP contribution in [0, 0.1) is 11.3 Å². The Kier molecular flexibility index (Phi) is 7.52. The summed E-state index contributed by atoms with van der Waals surface area (Å²) in [4.78, 5) is 21.2. The Labute approximate surface area is 238 Å². The molecule has 2 aliphatic rings. The number of ether oxygens (including phenoxy) is 2. The maximum atomic E-state index is 12.7. The van der Waals surface area contributed by atoms with E-state index in [1.165, 1.54) is 12.8 Å². The number of para-hydroxylation sites is 1. The van der Waals surface area contributed by atoms with Crippen molar-refractivity contribution >= 4 is 22.8 Å². The fourth-order valence-corrected chi connectivity index (χ4v) is 4.97. The molecule has 10 nitrogen and oxygen atoms in total. The molecular weight excluding hydrogens is 518 g/mol. The minimum Gasteiger partial charge on any atom is -0.457 e. The zero-order valence-electron chi connectivity index (χ0n) is 22.8. The maximum absolute atomic E-state index is 12.7. The van der Waals surface area contributed by atoms with Crippen LogP contribution in [0.25, 0.3) is 11.0 Å². The summed E-state index contributed by atoms with van der Waals surface area (Å²) in [7, 11) is 2.10. The first-order chi connectivity index (χ1) is 20.1. The summed E-state index contributed by atoms with van der Waals surface area (Å²) in [6.45, 7) is 2.04. The van der Waals surface area contributed by atoms with Crippen LogP contribution in [0.1, 0.15) is 24.8 Å². The smallest absolute Gasteiger partial charge is 0.246 e. The van der Waals surface area contributed by atoms with Crippen LogP contribution < -0.4 is 14.8 Å². The number of nitrogens with zero attached hydrogens (tertiary/aromatic N) is 5. The Morgan fingerprint density at radius 2 is 2.00 bits per heavy atom. The third-order valence-electron chi connectivity index (χ3n) is 7.36. The van der Waals surface area contributed by atoms with Gasteiger partial charge in [-0.1, -0.05) is 24.3 Å². The van der Waals surface area contributed by atoms with Gasteiger partial charge in [-0.3, -0.25) is 14.8 Å². The van der Waals surface area contributed by atoms with Gasteiger partial charge < -0.3 is 19.7 Å². The van der Waals surface area contributed by atoms with E-state index in [1.807, 2.05) is 41.3 Å². The van der Waals surface area contributed by atoms with Gasteiger partial charge in [0.15, 0.2) is 11.5 Å². The van der Waals surface area contributed by atoms with Gasteiger partial charge in [-0.05, 0) is 50.6 Å². The first-order valence-corrected chi connectivity index (χ1v) is 13.8. The zero-order chi connectivity index (χ0) is 28.2. The number of hydrogen-bond donors (Lipinski definition) is 2. The van der Waals surface area contributed by atoms with Crippen molar-refractivity contribution in [3.05, 3.63) is 78.5 Å². The number of amides is 1. The lowest BCUT2D eigenvalue weighted by Crippen LogP contribution is -2.30. The van der Waals surface area contributed by atoms with Gasteiger partial charge >= 0.3 is 0 Å². The number of fused-ring (bicyclic) bond motifs is 1. The van der Waals surface area contributed by atoms with Crippen molar-refractivity contribution in [2.45, 2.75) is 31.3 Å². The summed E-state index contributed by atoms with van der Waals surface area (Å²) in [5.41, 5.74) is 0.893. The number of aromatic amines is 1. The van der Waals surface area contributed by atoms with Crippen LogP contribution >= 0.6 is 0 Å². The first-order valence-electron chi connectivity index (χ1n) is 13.8. The molecule has 6 rings (SSSR count). The molecule has 1 aliphatic carbocycles. The fourth-order valence-electron chi connectivity index (χ4n) is 4.97. The molecule has 1 saturated carbocycles. The standard InChI is InChI=1S/C31H31N7O3/c1-37(23-9-10-23)16-5-8-28(39)38-17-14-22(20-38)34-31-29-27(13-15-33-30(29)35-36-31)41-26-12-11-25(18-21(26)19-32)40-24-6-3-2-4-7-24/h2-8,11-13,15,18,22-23H,9-10,14,16-17,20H2,1H3,(H2,33,34,35,36). The molecule has 1 amide bonds. The Hall–Kier alpha value is -4.88. The average Bonchev–Trinajstić information content (AvgIpc) is 3.61. The Balaban J connectivity index is 1.14. The number of likely N-dealkylation sites (tertiary alicyclic amines) is 1. The summed E-state index contributed by atoms with van der Waals surface area (Å²) in [5.74, 6) is 2.74. The molecule has 0 radical (unpaired) electrons. The van der Waals surface area contributed by atoms with Crippen LogP contribution in [-0.4, -0.2) is 69.7 Å². The lowest BCUT2D eigenvalue weighted by molar-refractivity contribution is -0.125. The predicted octanol–water partition coefficient (Wildman–Crippen LogP) is 5.08. The summed E-state index contributed by atoms with van der Waals surface area (Å²) in [5, 5.41) is 21.3. The van der Waals surface area contributed by atoms with E-state index in [2.05, 4.69) is 38.5 Å². The van der Waals surface area contributed by atoms with Crippen LogP contribution in [0.3, 0.4) is 0 Å². The number of nitriles is 1. The Morgan fingerprint density at radius 1 is 1.15 bits per heavy atom. The normalized spacial score (nSPS) is 16.8. The van der Waals surface area contributed by atoms with Gasteiger partial charge in [0.25, 0.3) is 0 Å². The summed E-state index contributed by atoms with van der Waals surface area (Å²) < 4.78 is 12.1. The van der Waals surface area contributed by atoms with Crippen molar-refractivity contribution in [1.29, 1.82) is 5.26 Å². The molecule has 0 bridgehead atoms. The van der Waals surface area contributed by atoms with E-state index in [4.69, 9.17) is 9.47 Å². The Morgan fingerprint density at radius 3 is 2.80 bits per heavy atom. The molecule has 0 spiro atoms. The number of H-pyrrole nitrogens is 1. The van der Waals surface area contributed by atoms with Crippen LogP contribution in [0.15, 0.2) is 72.9 Å². The molecule has 1 aliphatic heterocycles. The third-order valence-corrected chi connectivity index (χ3v) is 7.36. The number of likely N-dealkylation sites (N-methyl/N-ethyl adjacent to an activating group) is 1. The monoisotopic (exact) mass is 549 g/mol. The van der Waals surface area contributed by atoms with E-state index in [0.717, 1.165) is 13.0 Å². The van der Waals surface area contributed by atoms with E-state index in [9.17, 15) is 10.1 Å². The number of hydrogen-bond acceptors (Lipinski definition) is 8. The molecule has 1 unspecified atom stereocenters. The van der Waals surface area contributed by atoms with Gasteiger partial charge in [-0.25, -0.2) is 4.98 Å². The number of rotatable bonds is 10. The molecule has 41 heavy (non-hydrogen) atoms. The van der Waals surface area contributed by atoms with E-state index >= 15 is 0 Å². The summed E-state index contributed by atoms with van der Waals surface area (Å²) >= 11 is 0. The van der Waals surface area contributed by atoms with E-state index < -0.39 is 0 Å². The minimum atomic E-state index is 0.0276. The molecule has 3 heterocycles. The van der Waals surface area contributed by atoms with Crippen LogP contribution in [0.5, 0.6) is 23.0 Å². The zero-order valence-corrected chi connectivity index (χ0v) is 22.8. The van der Waals surface area contributed by atoms with Crippen LogP contribution in [-0.2, 0) is 4.79 Å². The predicted molar refractivity (Wildman–Crippen MR) is 155 cm³/mol. The first kappa shape index (κ1) is 26.3. The van der Waals surface area contributed by atoms with Gasteiger partial charge in [0.1, 0.15) is 34.5 Å². The molecule has 2 aromatic carbocycles. The molecular formula is C31H31N7O3. The van der Waals surface area contributed by atoms with Crippen molar-refractivity contribution in [1.82, 2.24) is 25.0 Å². The largest absolute Gasteiger partial charge is 0.457 e. The highest BCUT2D eigenvalue weighted by atomic mass is 16.5. The van der Waals surface area contributed by atoms with E-state index in [-0.39, 0.29) is 11.9 Å². The van der Waals surface area contributed by atoms with E-state index in [0.29, 0.717) is 64.5 Å². The van der Waals surface area contributed by atoms with Crippen LogP contribution in [0.4, 0.5) is 5.82 Å². The number of benzene rings is 2. The second-order valence-electron chi connectivity index (χ2n) is 10.4. The van der Waals surface area contributed by atoms with Gasteiger partial charge in [0.05, 0.1) is 5.56 Å². The van der Waals surface area contributed by atoms with Crippen molar-refractivity contribution in [2.75, 3.05) is 32.0 Å². The van der Waals surface area contributed by atoms with Gasteiger partial charge in [-0.2, -0.15) is 10.4 Å². The average molecular weight is 550 g/mol. The molecule has 208 valence electrons. The number of aromatic nitrogens is 3. The maximum Gasteiger partial charge on any atom is 0.246 e. The Bertz CT molecular complexity index is 1610. The van der Waals surface area contributed by atoms with Crippen molar-refractivity contribution < 1.29 is 14.3 Å². The second-order valence-corrected chi connectivity index (χ2v) is 10.4. The quantitative estimate of drug-likeness (QED) is 0.263. The van der Waals surface area contributed by atoms with Crippen molar-refractivity contribution in [3.63, 3.8) is 0 Å². The number of nitrogens with one attached hydrogen (secondary N) is 2. The molecule has 10 heteroatoms. The molecule has 1 saturated heterocycles. The summed E-state index contributed by atoms with van der Waals surface area (Å²) in [6.07, 6.45) is 8.56. The van der Waals surface area contributed by atoms with Gasteiger partial charge in [0, 0.05) is 56.1 Å². The lowest BCUT2D eigenvalue weighted by Gasteiger charge is -2.16. The van der Waals surface area contributed by atoms with Crippen LogP contribution in [0.2, 0.25) is 0 Å². The highest BCUT2D eigenvalue weighted by Crippen LogP contribution is 2.36. The third kappa shape index (κ3) is 6.15. The topological polar surface area (TPSA) is 119 Å². The summed E-state index contributed by atoms with van der Waals surface area (Å²) in [6, 6.07) is 19.2. The molecule has 1 atom stereocenters. The lowest BCUT2D eigenvalue weighted by atomic mass is 10.2. The van der Waals surface area contributed by atoms with Crippen molar-refractivity contribution in [3.8, 4) is 29.1 Å². The molecule has 4 aromatic rings. The second kappa shape index (κ2) is 11.7. The van der Waals surface area contributed by atoms with E-state index in [1.54, 1.807) is 36.5 Å². The molecule has 2 N–H and O–H groups in total. The van der Waals surface area contributed by atoms with Crippen molar-refractivity contribution in [2.24, 2.45) is 0 Å². The number of carbonyl (C=O) groups excluding carboxylic acids is 1. The number of carbonyl (C=O) groups is 1. The SMILES string of the molecule is CN(CC=CC(=O)N1CCC(Nc2n[nH]c3nccc(Oc4ccc(Oc5ccccc5)cc4C#N)c23)C1)C1CC1. The highest BCUT2D eigenvalue weighted by molar-refractivity contribution is 5.93.